The average Bonchev–Trinajstić information content (AvgIpc) is 2.83. The highest BCUT2D eigenvalue weighted by Gasteiger charge is 2.20. The molecule has 2 nitrogen and oxygen atoms in total. The maximum absolute atomic E-state index is 11.9. The summed E-state index contributed by atoms with van der Waals surface area (Å²) < 4.78 is 6.97. The number of carbonyl (C=O) groups excluding carboxylic acids is 1. The van der Waals surface area contributed by atoms with Gasteiger partial charge < -0.3 is 4.74 Å². The molecule has 4 heteroatoms. The van der Waals surface area contributed by atoms with Crippen molar-refractivity contribution in [1.29, 1.82) is 0 Å². The number of thiophene rings is 1. The molecule has 0 radical (unpaired) electrons. The Morgan fingerprint density at radius 2 is 2.21 bits per heavy atom. The number of hydrogen-bond donors (Lipinski definition) is 0. The smallest absolute Gasteiger partial charge is 0.163 e. The van der Waals surface area contributed by atoms with Crippen LogP contribution in [0, 0.1) is 0 Å². The number of ketones is 1. The molecule has 0 saturated heterocycles. The lowest BCUT2D eigenvalue weighted by Gasteiger charge is -2.18. The molecule has 3 rings (SSSR count). The van der Waals surface area contributed by atoms with Crippen LogP contribution >= 0.6 is 27.3 Å². The Kier molecular flexibility index (Phi) is 3.71. The lowest BCUT2D eigenvalue weighted by molar-refractivity contribution is 0.0971. The van der Waals surface area contributed by atoms with Gasteiger partial charge in [-0.1, -0.05) is 12.1 Å². The lowest BCUT2D eigenvalue weighted by atomic mass is 9.90. The van der Waals surface area contributed by atoms with Crippen LogP contribution in [0.3, 0.4) is 0 Å². The van der Waals surface area contributed by atoms with Crippen molar-refractivity contribution in [3.63, 3.8) is 0 Å². The van der Waals surface area contributed by atoms with Gasteiger partial charge >= 0.3 is 0 Å². The van der Waals surface area contributed by atoms with Gasteiger partial charge in [0.2, 0.25) is 0 Å². The van der Waals surface area contributed by atoms with Crippen molar-refractivity contribution in [3.05, 3.63) is 50.1 Å². The van der Waals surface area contributed by atoms with E-state index in [2.05, 4.69) is 22.0 Å². The molecule has 0 fully saturated rings. The summed E-state index contributed by atoms with van der Waals surface area (Å²) in [5, 5.41) is 2.04. The predicted molar refractivity (Wildman–Crippen MR) is 80.1 cm³/mol. The third-order valence-electron chi connectivity index (χ3n) is 3.26. The van der Waals surface area contributed by atoms with Crippen molar-refractivity contribution in [2.75, 3.05) is 0 Å². The second kappa shape index (κ2) is 5.47. The number of hydrogen-bond acceptors (Lipinski definition) is 3. The van der Waals surface area contributed by atoms with E-state index in [4.69, 9.17) is 4.74 Å². The summed E-state index contributed by atoms with van der Waals surface area (Å²) in [6.45, 7) is 0.556. The SMILES string of the molecule is O=C1CCCc2c(OCc3cc(Br)cs3)cccc21. The van der Waals surface area contributed by atoms with Crippen molar-refractivity contribution in [2.45, 2.75) is 25.9 Å². The van der Waals surface area contributed by atoms with Crippen molar-refractivity contribution >= 4 is 33.0 Å². The van der Waals surface area contributed by atoms with E-state index in [1.807, 2.05) is 23.6 Å². The number of carbonyl (C=O) groups is 1. The maximum atomic E-state index is 11.9. The van der Waals surface area contributed by atoms with Gasteiger partial charge in [0, 0.05) is 32.3 Å². The molecule has 0 N–H and O–H groups in total. The topological polar surface area (TPSA) is 26.3 Å². The van der Waals surface area contributed by atoms with Crippen LogP contribution in [0.1, 0.15) is 33.6 Å². The molecule has 19 heavy (non-hydrogen) atoms. The fourth-order valence-electron chi connectivity index (χ4n) is 2.36. The number of halogens is 1. The fraction of sp³-hybridized carbons (Fsp3) is 0.267. The van der Waals surface area contributed by atoms with E-state index in [1.54, 1.807) is 11.3 Å². The number of rotatable bonds is 3. The van der Waals surface area contributed by atoms with E-state index < -0.39 is 0 Å². The summed E-state index contributed by atoms with van der Waals surface area (Å²) in [4.78, 5) is 13.0. The number of Topliss-reactive ketones (excluding diaryl/α,β-unsaturated/α-hetero) is 1. The Morgan fingerprint density at radius 3 is 3.00 bits per heavy atom. The molecule has 1 aromatic heterocycles. The van der Waals surface area contributed by atoms with E-state index in [9.17, 15) is 4.79 Å². The van der Waals surface area contributed by atoms with Gasteiger partial charge in [0.1, 0.15) is 12.4 Å². The maximum Gasteiger partial charge on any atom is 0.163 e. The summed E-state index contributed by atoms with van der Waals surface area (Å²) in [5.41, 5.74) is 1.92. The average molecular weight is 337 g/mol. The summed E-state index contributed by atoms with van der Waals surface area (Å²) in [6, 6.07) is 7.83. The van der Waals surface area contributed by atoms with Gasteiger partial charge in [0.05, 0.1) is 0 Å². The Hall–Kier alpha value is -1.13. The van der Waals surface area contributed by atoms with Crippen LogP contribution in [-0.4, -0.2) is 5.78 Å². The van der Waals surface area contributed by atoms with E-state index in [0.717, 1.165) is 34.2 Å². The highest BCUT2D eigenvalue weighted by atomic mass is 79.9. The van der Waals surface area contributed by atoms with Crippen LogP contribution in [0.4, 0.5) is 0 Å². The zero-order valence-corrected chi connectivity index (χ0v) is 12.7. The minimum Gasteiger partial charge on any atom is -0.488 e. The summed E-state index contributed by atoms with van der Waals surface area (Å²) in [5.74, 6) is 1.10. The largest absolute Gasteiger partial charge is 0.488 e. The summed E-state index contributed by atoms with van der Waals surface area (Å²) >= 11 is 5.10. The monoisotopic (exact) mass is 336 g/mol. The first kappa shape index (κ1) is 12.9. The van der Waals surface area contributed by atoms with Crippen LogP contribution in [-0.2, 0) is 13.0 Å². The fourth-order valence-corrected chi connectivity index (χ4v) is 3.72. The standard InChI is InChI=1S/C15H13BrO2S/c16-10-7-11(19-9-10)8-18-15-6-2-3-12-13(15)4-1-5-14(12)17/h2-3,6-7,9H,1,4-5,8H2. The minimum absolute atomic E-state index is 0.241. The molecule has 1 aliphatic rings. The van der Waals surface area contributed by atoms with Crippen LogP contribution in [0.2, 0.25) is 0 Å². The molecule has 2 aromatic rings. The number of fused-ring (bicyclic) bond motifs is 1. The van der Waals surface area contributed by atoms with Gasteiger partial charge in [-0.25, -0.2) is 0 Å². The highest BCUT2D eigenvalue weighted by Crippen LogP contribution is 2.30. The minimum atomic E-state index is 0.241. The molecule has 0 spiro atoms. The number of benzene rings is 1. The molecule has 98 valence electrons. The van der Waals surface area contributed by atoms with Gasteiger partial charge in [-0.05, 0) is 40.9 Å². The van der Waals surface area contributed by atoms with Crippen LogP contribution in [0.5, 0.6) is 5.75 Å². The third-order valence-corrected chi connectivity index (χ3v) is 4.93. The summed E-state index contributed by atoms with van der Waals surface area (Å²) in [6.07, 6.45) is 2.52. The molecule has 0 saturated carbocycles. The van der Waals surface area contributed by atoms with Crippen LogP contribution in [0.25, 0.3) is 0 Å². The Balaban J connectivity index is 1.81. The van der Waals surface area contributed by atoms with E-state index in [1.165, 1.54) is 4.88 Å². The highest BCUT2D eigenvalue weighted by molar-refractivity contribution is 9.10. The zero-order chi connectivity index (χ0) is 13.2. The molecule has 0 amide bonds. The van der Waals surface area contributed by atoms with Crippen molar-refractivity contribution in [2.24, 2.45) is 0 Å². The van der Waals surface area contributed by atoms with Gasteiger partial charge in [-0.15, -0.1) is 11.3 Å². The first-order chi connectivity index (χ1) is 9.24. The summed E-state index contributed by atoms with van der Waals surface area (Å²) in [7, 11) is 0. The third kappa shape index (κ3) is 2.74. The Morgan fingerprint density at radius 1 is 1.32 bits per heavy atom. The molecular weight excluding hydrogens is 324 g/mol. The van der Waals surface area contributed by atoms with Crippen LogP contribution in [0.15, 0.2) is 34.1 Å². The quantitative estimate of drug-likeness (QED) is 0.818. The second-order valence-electron chi connectivity index (χ2n) is 4.58. The van der Waals surface area contributed by atoms with Crippen molar-refractivity contribution < 1.29 is 9.53 Å². The van der Waals surface area contributed by atoms with Gasteiger partial charge in [-0.2, -0.15) is 0 Å². The Labute approximate surface area is 124 Å². The van der Waals surface area contributed by atoms with Gasteiger partial charge in [0.25, 0.3) is 0 Å². The van der Waals surface area contributed by atoms with Gasteiger partial charge in [-0.3, -0.25) is 4.79 Å². The molecule has 0 atom stereocenters. The van der Waals surface area contributed by atoms with E-state index in [-0.39, 0.29) is 5.78 Å². The predicted octanol–water partition coefficient (Wildman–Crippen LogP) is 4.61. The van der Waals surface area contributed by atoms with Gasteiger partial charge in [0.15, 0.2) is 5.78 Å². The molecule has 1 aromatic carbocycles. The van der Waals surface area contributed by atoms with E-state index >= 15 is 0 Å². The second-order valence-corrected chi connectivity index (χ2v) is 6.49. The Bertz CT molecular complexity index is 618. The van der Waals surface area contributed by atoms with Crippen molar-refractivity contribution in [1.82, 2.24) is 0 Å². The van der Waals surface area contributed by atoms with E-state index in [0.29, 0.717) is 13.0 Å². The zero-order valence-electron chi connectivity index (χ0n) is 10.3. The molecular formula is C15H13BrO2S. The lowest BCUT2D eigenvalue weighted by Crippen LogP contribution is -2.12. The number of ether oxygens (including phenoxy) is 1. The van der Waals surface area contributed by atoms with Crippen LogP contribution < -0.4 is 4.74 Å². The normalized spacial score (nSPS) is 14.3. The molecule has 1 heterocycles. The first-order valence-electron chi connectivity index (χ1n) is 6.25. The molecule has 0 bridgehead atoms. The van der Waals surface area contributed by atoms with Crippen molar-refractivity contribution in [3.8, 4) is 5.75 Å². The molecule has 0 aliphatic heterocycles. The molecule has 1 aliphatic carbocycles. The molecule has 0 unspecified atom stereocenters. The first-order valence-corrected chi connectivity index (χ1v) is 7.92.